The fourth-order valence-corrected chi connectivity index (χ4v) is 1.36. The summed E-state index contributed by atoms with van der Waals surface area (Å²) < 4.78 is 5.21. The summed E-state index contributed by atoms with van der Waals surface area (Å²) in [5, 5.41) is 0. The highest BCUT2D eigenvalue weighted by atomic mass is 16.3. The van der Waals surface area contributed by atoms with Crippen LogP contribution in [0.4, 0.5) is 0 Å². The highest BCUT2D eigenvalue weighted by Crippen LogP contribution is 2.14. The molecule has 3 nitrogen and oxygen atoms in total. The summed E-state index contributed by atoms with van der Waals surface area (Å²) >= 11 is 0. The van der Waals surface area contributed by atoms with Gasteiger partial charge in [0.25, 0.3) is 0 Å². The third-order valence-corrected chi connectivity index (χ3v) is 1.89. The summed E-state index contributed by atoms with van der Waals surface area (Å²) in [6.45, 7) is 0.927. The number of nitrogens with zero attached hydrogens (tertiary/aromatic N) is 2. The van der Waals surface area contributed by atoms with Crippen molar-refractivity contribution in [3.05, 3.63) is 30.2 Å². The van der Waals surface area contributed by atoms with Crippen LogP contribution in [0.5, 0.6) is 0 Å². The van der Waals surface area contributed by atoms with E-state index >= 15 is 0 Å². The van der Waals surface area contributed by atoms with Crippen molar-refractivity contribution in [3.63, 3.8) is 0 Å². The van der Waals surface area contributed by atoms with E-state index in [1.54, 1.807) is 0 Å². The number of hydrogen-bond acceptors (Lipinski definition) is 3. The van der Waals surface area contributed by atoms with Crippen molar-refractivity contribution in [1.29, 1.82) is 0 Å². The lowest BCUT2D eigenvalue weighted by molar-refractivity contribution is 0.402. The van der Waals surface area contributed by atoms with Crippen LogP contribution in [-0.2, 0) is 6.54 Å². The minimum absolute atomic E-state index is 0.861. The summed E-state index contributed by atoms with van der Waals surface area (Å²) in [6.07, 6.45) is 1.48. The van der Waals surface area contributed by atoms with Crippen molar-refractivity contribution in [2.24, 2.45) is 0 Å². The van der Waals surface area contributed by atoms with Crippen LogP contribution < -0.4 is 0 Å². The molecule has 13 heavy (non-hydrogen) atoms. The van der Waals surface area contributed by atoms with Gasteiger partial charge in [-0.05, 0) is 31.8 Å². The summed E-state index contributed by atoms with van der Waals surface area (Å²) in [5.74, 6) is 0. The number of aromatic nitrogens is 1. The first-order valence-corrected chi connectivity index (χ1v) is 4.22. The molecular weight excluding hydrogens is 164 g/mol. The Balaban J connectivity index is 2.37. The van der Waals surface area contributed by atoms with Gasteiger partial charge in [0.1, 0.15) is 5.52 Å². The minimum Gasteiger partial charge on any atom is -0.443 e. The van der Waals surface area contributed by atoms with E-state index < -0.39 is 0 Å². The Labute approximate surface area is 77.0 Å². The minimum atomic E-state index is 0.861. The highest BCUT2D eigenvalue weighted by Gasteiger charge is 2.00. The molecule has 0 fully saturated rings. The van der Waals surface area contributed by atoms with E-state index in [9.17, 15) is 0 Å². The molecule has 0 bridgehead atoms. The molecule has 0 atom stereocenters. The average molecular weight is 176 g/mol. The van der Waals surface area contributed by atoms with Crippen LogP contribution in [0.25, 0.3) is 11.1 Å². The molecule has 1 aromatic carbocycles. The molecule has 0 aliphatic heterocycles. The summed E-state index contributed by atoms with van der Waals surface area (Å²) in [7, 11) is 4.09. The van der Waals surface area contributed by atoms with Crippen LogP contribution in [0.15, 0.2) is 29.0 Å². The molecule has 0 aliphatic carbocycles. The molecule has 0 amide bonds. The zero-order valence-electron chi connectivity index (χ0n) is 7.82. The molecule has 0 radical (unpaired) electrons. The predicted octanol–water partition coefficient (Wildman–Crippen LogP) is 1.89. The monoisotopic (exact) mass is 176 g/mol. The van der Waals surface area contributed by atoms with E-state index in [-0.39, 0.29) is 0 Å². The van der Waals surface area contributed by atoms with E-state index in [1.165, 1.54) is 12.0 Å². The van der Waals surface area contributed by atoms with Gasteiger partial charge in [-0.25, -0.2) is 4.98 Å². The SMILES string of the molecule is CN(C)Cc1ccc2ncoc2c1. The maximum atomic E-state index is 5.21. The molecule has 1 heterocycles. The second kappa shape index (κ2) is 3.18. The Kier molecular flexibility index (Phi) is 2.02. The summed E-state index contributed by atoms with van der Waals surface area (Å²) in [5.41, 5.74) is 3.02. The maximum absolute atomic E-state index is 5.21. The zero-order valence-corrected chi connectivity index (χ0v) is 7.82. The zero-order chi connectivity index (χ0) is 9.26. The summed E-state index contributed by atoms with van der Waals surface area (Å²) in [4.78, 5) is 6.18. The first-order valence-electron chi connectivity index (χ1n) is 4.22. The van der Waals surface area contributed by atoms with Crippen LogP contribution in [-0.4, -0.2) is 24.0 Å². The molecule has 0 spiro atoms. The Bertz CT molecular complexity index is 406. The average Bonchev–Trinajstić information content (AvgIpc) is 2.49. The molecule has 0 saturated carbocycles. The normalized spacial score (nSPS) is 11.3. The van der Waals surface area contributed by atoms with E-state index in [4.69, 9.17) is 4.42 Å². The van der Waals surface area contributed by atoms with Gasteiger partial charge in [0, 0.05) is 6.54 Å². The van der Waals surface area contributed by atoms with Crippen molar-refractivity contribution in [2.45, 2.75) is 6.54 Å². The number of fused-ring (bicyclic) bond motifs is 1. The predicted molar refractivity (Wildman–Crippen MR) is 51.4 cm³/mol. The lowest BCUT2D eigenvalue weighted by Gasteiger charge is -2.08. The molecule has 0 aliphatic rings. The first kappa shape index (κ1) is 8.26. The van der Waals surface area contributed by atoms with E-state index in [1.807, 2.05) is 26.2 Å². The molecule has 0 saturated heterocycles. The van der Waals surface area contributed by atoms with Crippen molar-refractivity contribution in [3.8, 4) is 0 Å². The Morgan fingerprint density at radius 2 is 2.23 bits per heavy atom. The standard InChI is InChI=1S/C10H12N2O/c1-12(2)6-8-3-4-9-10(5-8)13-7-11-9/h3-5,7H,6H2,1-2H3. The third-order valence-electron chi connectivity index (χ3n) is 1.89. The Morgan fingerprint density at radius 3 is 3.00 bits per heavy atom. The van der Waals surface area contributed by atoms with Crippen molar-refractivity contribution in [2.75, 3.05) is 14.1 Å². The van der Waals surface area contributed by atoms with Gasteiger partial charge in [0.05, 0.1) is 0 Å². The van der Waals surface area contributed by atoms with E-state index in [0.29, 0.717) is 0 Å². The number of benzene rings is 1. The molecule has 0 unspecified atom stereocenters. The molecule has 1 aromatic heterocycles. The molecule has 68 valence electrons. The van der Waals surface area contributed by atoms with Gasteiger partial charge in [0.2, 0.25) is 0 Å². The van der Waals surface area contributed by atoms with Crippen LogP contribution in [0.2, 0.25) is 0 Å². The second-order valence-electron chi connectivity index (χ2n) is 3.39. The topological polar surface area (TPSA) is 29.3 Å². The Hall–Kier alpha value is -1.35. The quantitative estimate of drug-likeness (QED) is 0.699. The largest absolute Gasteiger partial charge is 0.443 e. The second-order valence-corrected chi connectivity index (χ2v) is 3.39. The number of hydrogen-bond donors (Lipinski definition) is 0. The summed E-state index contributed by atoms with van der Waals surface area (Å²) in [6, 6.07) is 6.09. The lowest BCUT2D eigenvalue weighted by atomic mass is 10.2. The van der Waals surface area contributed by atoms with Crippen LogP contribution in [0, 0.1) is 0 Å². The third kappa shape index (κ3) is 1.70. The van der Waals surface area contributed by atoms with Crippen LogP contribution in [0.3, 0.4) is 0 Å². The van der Waals surface area contributed by atoms with Gasteiger partial charge >= 0.3 is 0 Å². The molecule has 2 aromatic rings. The van der Waals surface area contributed by atoms with Crippen LogP contribution >= 0.6 is 0 Å². The fourth-order valence-electron chi connectivity index (χ4n) is 1.36. The van der Waals surface area contributed by atoms with Crippen molar-refractivity contribution < 1.29 is 4.42 Å². The number of rotatable bonds is 2. The van der Waals surface area contributed by atoms with Crippen molar-refractivity contribution in [1.82, 2.24) is 9.88 Å². The lowest BCUT2D eigenvalue weighted by Crippen LogP contribution is -2.10. The van der Waals surface area contributed by atoms with Gasteiger partial charge in [-0.2, -0.15) is 0 Å². The van der Waals surface area contributed by atoms with Gasteiger partial charge in [-0.3, -0.25) is 0 Å². The highest BCUT2D eigenvalue weighted by molar-refractivity contribution is 5.72. The molecular formula is C10H12N2O. The van der Waals surface area contributed by atoms with E-state index in [2.05, 4.69) is 16.0 Å². The molecule has 2 rings (SSSR count). The van der Waals surface area contributed by atoms with E-state index in [0.717, 1.165) is 17.6 Å². The number of oxazole rings is 1. The van der Waals surface area contributed by atoms with Gasteiger partial charge in [0.15, 0.2) is 12.0 Å². The van der Waals surface area contributed by atoms with Crippen LogP contribution in [0.1, 0.15) is 5.56 Å². The van der Waals surface area contributed by atoms with Gasteiger partial charge in [-0.1, -0.05) is 6.07 Å². The maximum Gasteiger partial charge on any atom is 0.181 e. The first-order chi connectivity index (χ1) is 6.25. The smallest absolute Gasteiger partial charge is 0.181 e. The molecule has 3 heteroatoms. The van der Waals surface area contributed by atoms with Gasteiger partial charge < -0.3 is 9.32 Å². The Morgan fingerprint density at radius 1 is 1.38 bits per heavy atom. The van der Waals surface area contributed by atoms with Crippen molar-refractivity contribution >= 4 is 11.1 Å². The molecule has 0 N–H and O–H groups in total. The fraction of sp³-hybridized carbons (Fsp3) is 0.300. The van der Waals surface area contributed by atoms with Gasteiger partial charge in [-0.15, -0.1) is 0 Å².